The molecule has 0 unspecified atom stereocenters. The van der Waals surface area contributed by atoms with Crippen LogP contribution < -0.4 is 14.5 Å². The molecule has 11 nitrogen and oxygen atoms in total. The van der Waals surface area contributed by atoms with Crippen LogP contribution in [0.15, 0.2) is 241 Å². The van der Waals surface area contributed by atoms with Gasteiger partial charge in [-0.25, -0.2) is 19.9 Å². The Morgan fingerprint density at radius 2 is 0.878 bits per heavy atom. The average Bonchev–Trinajstić information content (AvgIpc) is 3.48. The van der Waals surface area contributed by atoms with Crippen molar-refractivity contribution in [1.29, 1.82) is 0 Å². The lowest BCUT2D eigenvalue weighted by Gasteiger charge is -2.36. The fourth-order valence-electron chi connectivity index (χ4n) is 9.76. The van der Waals surface area contributed by atoms with Crippen molar-refractivity contribution in [3.05, 3.63) is 231 Å². The predicted molar refractivity (Wildman–Crippen MR) is 292 cm³/mol. The molecule has 0 amide bonds. The van der Waals surface area contributed by atoms with E-state index in [0.29, 0.717) is 45.8 Å². The first kappa shape index (κ1) is 42.9. The highest BCUT2D eigenvalue weighted by Crippen LogP contribution is 2.56. The summed E-state index contributed by atoms with van der Waals surface area (Å²) >= 11 is 1.77. The van der Waals surface area contributed by atoms with Crippen molar-refractivity contribution < 1.29 is 4.74 Å². The fourth-order valence-corrected chi connectivity index (χ4v) is 10.8. The highest BCUT2D eigenvalue weighted by molar-refractivity contribution is 7.99. The van der Waals surface area contributed by atoms with Crippen molar-refractivity contribution >= 4 is 56.7 Å². The molecular formula is C62H38N10OS. The Morgan fingerprint density at radius 1 is 0.351 bits per heavy atom. The molecule has 6 aromatic heterocycles. The lowest BCUT2D eigenvalue weighted by molar-refractivity contribution is 0.477. The zero-order valence-electron chi connectivity index (χ0n) is 39.2. The number of hydrogen-bond donors (Lipinski definition) is 0. The zero-order chi connectivity index (χ0) is 49.0. The highest BCUT2D eigenvalue weighted by Gasteiger charge is 2.31. The molecule has 0 atom stereocenters. The second-order valence-electron chi connectivity index (χ2n) is 17.7. The Kier molecular flexibility index (Phi) is 10.5. The molecule has 0 saturated carbocycles. The maximum Gasteiger partial charge on any atom is 0.161 e. The van der Waals surface area contributed by atoms with E-state index in [2.05, 4.69) is 105 Å². The summed E-state index contributed by atoms with van der Waals surface area (Å²) in [5.74, 6) is 2.46. The van der Waals surface area contributed by atoms with Gasteiger partial charge in [0.2, 0.25) is 0 Å². The monoisotopic (exact) mass is 970 g/mol. The maximum atomic E-state index is 6.60. The number of ether oxygens (including phenoxy) is 1. The number of pyridine rings is 4. The smallest absolute Gasteiger partial charge is 0.161 e. The molecule has 8 heterocycles. The van der Waals surface area contributed by atoms with Gasteiger partial charge in [-0.15, -0.1) is 0 Å². The largest absolute Gasteiger partial charge is 0.453 e. The van der Waals surface area contributed by atoms with Gasteiger partial charge in [0, 0.05) is 80.3 Å². The number of nitrogens with zero attached hydrogens (tertiary/aromatic N) is 10. The first-order valence-electron chi connectivity index (χ1n) is 24.0. The average molecular weight is 971 g/mol. The molecule has 0 bridgehead atoms. The number of hydrogen-bond acceptors (Lipinski definition) is 12. The first-order valence-corrected chi connectivity index (χ1v) is 24.8. The first-order chi connectivity index (χ1) is 36.7. The summed E-state index contributed by atoms with van der Waals surface area (Å²) in [4.78, 5) is 47.1. The van der Waals surface area contributed by atoms with Crippen LogP contribution in [-0.2, 0) is 0 Å². The summed E-state index contributed by atoms with van der Waals surface area (Å²) in [7, 11) is 0. The quantitative estimate of drug-likeness (QED) is 0.144. The van der Waals surface area contributed by atoms with Gasteiger partial charge < -0.3 is 14.5 Å². The van der Waals surface area contributed by atoms with Crippen molar-refractivity contribution in [1.82, 2.24) is 39.9 Å². The molecule has 6 aromatic carbocycles. The van der Waals surface area contributed by atoms with Crippen LogP contribution in [-0.4, -0.2) is 39.9 Å². The second kappa shape index (κ2) is 18.0. The molecule has 12 aromatic rings. The van der Waals surface area contributed by atoms with Crippen LogP contribution in [0, 0.1) is 0 Å². The van der Waals surface area contributed by atoms with E-state index < -0.39 is 0 Å². The lowest BCUT2D eigenvalue weighted by atomic mass is 9.95. The van der Waals surface area contributed by atoms with E-state index in [1.165, 1.54) is 0 Å². The van der Waals surface area contributed by atoms with Crippen molar-refractivity contribution in [3.8, 4) is 79.6 Å². The highest BCUT2D eigenvalue weighted by atomic mass is 32.2. The van der Waals surface area contributed by atoms with Crippen LogP contribution in [0.5, 0.6) is 11.5 Å². The van der Waals surface area contributed by atoms with Crippen LogP contribution in [0.4, 0.5) is 34.1 Å². The summed E-state index contributed by atoms with van der Waals surface area (Å²) in [6.07, 6.45) is 10.7. The van der Waals surface area contributed by atoms with Crippen LogP contribution in [0.1, 0.15) is 0 Å². The molecule has 0 N–H and O–H groups in total. The number of benzene rings is 6. The number of fused-ring (bicyclic) bond motifs is 5. The molecule has 2 aliphatic heterocycles. The number of anilines is 6. The lowest BCUT2D eigenvalue weighted by Crippen LogP contribution is -2.18. The molecular weight excluding hydrogens is 933 g/mol. The van der Waals surface area contributed by atoms with E-state index in [0.717, 1.165) is 88.4 Å². The van der Waals surface area contributed by atoms with Gasteiger partial charge >= 0.3 is 0 Å². The fraction of sp³-hybridized carbons (Fsp3) is 0. The molecule has 0 radical (unpaired) electrons. The van der Waals surface area contributed by atoms with Gasteiger partial charge in [0.05, 0.1) is 62.6 Å². The molecule has 0 spiro atoms. The molecule has 348 valence electrons. The molecule has 2 aliphatic rings. The van der Waals surface area contributed by atoms with Gasteiger partial charge in [0.15, 0.2) is 23.1 Å². The third kappa shape index (κ3) is 7.65. The van der Waals surface area contributed by atoms with Crippen LogP contribution in [0.3, 0.4) is 0 Å². The zero-order valence-corrected chi connectivity index (χ0v) is 40.0. The minimum Gasteiger partial charge on any atom is -0.453 e. The van der Waals surface area contributed by atoms with Gasteiger partial charge in [-0.05, 0) is 139 Å². The van der Waals surface area contributed by atoms with Crippen molar-refractivity contribution in [2.75, 3.05) is 9.80 Å². The normalized spacial score (nSPS) is 12.3. The van der Waals surface area contributed by atoms with Crippen LogP contribution in [0.25, 0.3) is 78.8 Å². The number of aromatic nitrogens is 8. The van der Waals surface area contributed by atoms with Gasteiger partial charge in [-0.3, -0.25) is 19.9 Å². The number of rotatable bonds is 8. The standard InChI is InChI=1S/C62H38N10OS/c1-5-23-57-52(19-1)71(53-20-2-6-24-58(53)73-57)42-33-43-44(56(34-42)72-54-21-3-7-25-59(54)74-60-26-8-4-22-55(60)72)31-41(61-67-48(39-15-13-27-63-37-39)35-50(69-61)46-17-9-11-29-65-46)32-45(43)62-68-49(40-16-14-28-64-38-40)36-51(70-62)47-18-10-12-30-66-47/h1-38H. The van der Waals surface area contributed by atoms with E-state index in [1.807, 2.05) is 122 Å². The van der Waals surface area contributed by atoms with Crippen molar-refractivity contribution in [3.63, 3.8) is 0 Å². The Labute approximate surface area is 429 Å². The van der Waals surface area contributed by atoms with E-state index in [4.69, 9.17) is 34.6 Å². The molecule has 0 saturated heterocycles. The Hall–Kier alpha value is -9.91. The van der Waals surface area contributed by atoms with E-state index in [9.17, 15) is 0 Å². The summed E-state index contributed by atoms with van der Waals surface area (Å²) < 4.78 is 6.60. The Morgan fingerprint density at radius 3 is 1.45 bits per heavy atom. The topological polar surface area (TPSA) is 119 Å². The third-order valence-corrected chi connectivity index (χ3v) is 14.2. The van der Waals surface area contributed by atoms with Crippen LogP contribution >= 0.6 is 11.8 Å². The van der Waals surface area contributed by atoms with Crippen molar-refractivity contribution in [2.45, 2.75) is 9.79 Å². The van der Waals surface area contributed by atoms with E-state index in [1.54, 1.807) is 36.5 Å². The molecule has 14 rings (SSSR count). The van der Waals surface area contributed by atoms with E-state index in [-0.39, 0.29) is 0 Å². The second-order valence-corrected chi connectivity index (χ2v) is 18.8. The molecule has 12 heteroatoms. The molecule has 0 fully saturated rings. The molecule has 74 heavy (non-hydrogen) atoms. The van der Waals surface area contributed by atoms with Gasteiger partial charge in [0.1, 0.15) is 0 Å². The molecule has 0 aliphatic carbocycles. The summed E-state index contributed by atoms with van der Waals surface area (Å²) in [6, 6.07) is 65.9. The third-order valence-electron chi connectivity index (χ3n) is 13.1. The Bertz CT molecular complexity index is 3900. The van der Waals surface area contributed by atoms with Gasteiger partial charge in [0.25, 0.3) is 0 Å². The van der Waals surface area contributed by atoms with E-state index >= 15 is 0 Å². The minimum absolute atomic E-state index is 0.480. The Balaban J connectivity index is 1.13. The van der Waals surface area contributed by atoms with Crippen molar-refractivity contribution in [2.24, 2.45) is 0 Å². The minimum atomic E-state index is 0.480. The maximum absolute atomic E-state index is 6.60. The van der Waals surface area contributed by atoms with Gasteiger partial charge in [-0.1, -0.05) is 72.4 Å². The summed E-state index contributed by atoms with van der Waals surface area (Å²) in [5, 5.41) is 1.80. The summed E-state index contributed by atoms with van der Waals surface area (Å²) in [6.45, 7) is 0. The van der Waals surface area contributed by atoms with Crippen LogP contribution in [0.2, 0.25) is 0 Å². The SMILES string of the molecule is c1ccc(-c2cc(-c3cccnc3)nc(-c3cc(-c4nc(-c5cccnc5)cc(-c5ccccn5)n4)c4cc(N5c6ccccc6Oc6ccccc65)cc(N5c6ccccc6Sc6ccccc65)c4c3)n2)nc1. The summed E-state index contributed by atoms with van der Waals surface area (Å²) in [5.41, 5.74) is 13.0. The van der Waals surface area contributed by atoms with Gasteiger partial charge in [-0.2, -0.15) is 0 Å². The number of para-hydroxylation sites is 6. The predicted octanol–water partition coefficient (Wildman–Crippen LogP) is 15.5.